The van der Waals surface area contributed by atoms with Crippen molar-refractivity contribution < 1.29 is 9.53 Å². The molecule has 26 heavy (non-hydrogen) atoms. The van der Waals surface area contributed by atoms with E-state index < -0.39 is 0 Å². The summed E-state index contributed by atoms with van der Waals surface area (Å²) in [5, 5.41) is 0. The molecule has 0 aliphatic heterocycles. The molecular formula is C24H48O2. The van der Waals surface area contributed by atoms with E-state index in [1.165, 1.54) is 96.3 Å². The van der Waals surface area contributed by atoms with Gasteiger partial charge in [-0.15, -0.1) is 0 Å². The number of hydrogen-bond acceptors (Lipinski definition) is 2. The van der Waals surface area contributed by atoms with Crippen molar-refractivity contribution in [3.63, 3.8) is 0 Å². The minimum absolute atomic E-state index is 0.0143. The van der Waals surface area contributed by atoms with Gasteiger partial charge >= 0.3 is 5.97 Å². The molecule has 0 rings (SSSR count). The van der Waals surface area contributed by atoms with Crippen molar-refractivity contribution in [2.75, 3.05) is 6.61 Å². The van der Waals surface area contributed by atoms with Crippen LogP contribution in [0.4, 0.5) is 0 Å². The van der Waals surface area contributed by atoms with Crippen LogP contribution in [0.2, 0.25) is 0 Å². The average Bonchev–Trinajstić information content (AvgIpc) is 2.65. The van der Waals surface area contributed by atoms with E-state index in [0.717, 1.165) is 19.3 Å². The van der Waals surface area contributed by atoms with Gasteiger partial charge in [-0.05, 0) is 12.8 Å². The lowest BCUT2D eigenvalue weighted by Gasteiger charge is -2.11. The van der Waals surface area contributed by atoms with Gasteiger partial charge in [0.2, 0.25) is 0 Å². The quantitative estimate of drug-likeness (QED) is 0.160. The van der Waals surface area contributed by atoms with Gasteiger partial charge in [-0.25, -0.2) is 0 Å². The summed E-state index contributed by atoms with van der Waals surface area (Å²) in [7, 11) is 0. The number of unbranched alkanes of at least 4 members (excludes halogenated alkanes) is 15. The molecule has 0 aromatic carbocycles. The first-order chi connectivity index (χ1) is 12.7. The third kappa shape index (κ3) is 18.3. The lowest BCUT2D eigenvalue weighted by Crippen LogP contribution is -2.15. The molecule has 1 unspecified atom stereocenters. The molecule has 0 aromatic rings. The highest BCUT2D eigenvalue weighted by Crippen LogP contribution is 2.14. The Morgan fingerprint density at radius 2 is 1.00 bits per heavy atom. The topological polar surface area (TPSA) is 26.3 Å². The van der Waals surface area contributed by atoms with E-state index in [1.54, 1.807) is 0 Å². The highest BCUT2D eigenvalue weighted by molar-refractivity contribution is 5.71. The number of esters is 1. The Bertz CT molecular complexity index is 288. The van der Waals surface area contributed by atoms with Gasteiger partial charge in [0.25, 0.3) is 0 Å². The van der Waals surface area contributed by atoms with Gasteiger partial charge in [0.05, 0.1) is 12.5 Å². The van der Waals surface area contributed by atoms with Gasteiger partial charge in [0, 0.05) is 0 Å². The zero-order valence-corrected chi connectivity index (χ0v) is 18.3. The molecule has 1 atom stereocenters. The number of carbonyl (C=O) groups excluding carboxylic acids is 1. The van der Waals surface area contributed by atoms with Gasteiger partial charge < -0.3 is 4.74 Å². The molecule has 0 aliphatic carbocycles. The van der Waals surface area contributed by atoms with Gasteiger partial charge in [-0.1, -0.05) is 124 Å². The Labute approximate surface area is 164 Å². The van der Waals surface area contributed by atoms with Crippen LogP contribution in [0.1, 0.15) is 136 Å². The molecule has 0 saturated heterocycles. The fraction of sp³-hybridized carbons (Fsp3) is 0.958. The standard InChI is InChI=1S/C24H48O2/c1-4-6-8-10-11-12-13-14-15-16-17-18-20-22-26-24(25)23(3)21-19-9-7-5-2/h23H,4-22H2,1-3H3. The molecule has 0 N–H and O–H groups in total. The van der Waals surface area contributed by atoms with Crippen LogP contribution in [0.5, 0.6) is 0 Å². The minimum atomic E-state index is 0.0143. The van der Waals surface area contributed by atoms with Crippen LogP contribution in [-0.4, -0.2) is 12.6 Å². The van der Waals surface area contributed by atoms with Crippen molar-refractivity contribution in [1.29, 1.82) is 0 Å². The SMILES string of the molecule is CCCCCCCCCCCCCCCOC(=O)C(C)CCCCCC. The summed E-state index contributed by atoms with van der Waals surface area (Å²) < 4.78 is 5.42. The minimum Gasteiger partial charge on any atom is -0.465 e. The van der Waals surface area contributed by atoms with Crippen molar-refractivity contribution >= 4 is 5.97 Å². The first-order valence-corrected chi connectivity index (χ1v) is 11.9. The van der Waals surface area contributed by atoms with Crippen LogP contribution in [0.3, 0.4) is 0 Å². The van der Waals surface area contributed by atoms with Crippen molar-refractivity contribution in [2.45, 2.75) is 136 Å². The molecule has 2 heteroatoms. The Balaban J connectivity index is 3.24. The van der Waals surface area contributed by atoms with E-state index in [-0.39, 0.29) is 11.9 Å². The first-order valence-electron chi connectivity index (χ1n) is 11.9. The smallest absolute Gasteiger partial charge is 0.308 e. The largest absolute Gasteiger partial charge is 0.465 e. The summed E-state index contributed by atoms with van der Waals surface area (Å²) in [4.78, 5) is 11.9. The zero-order chi connectivity index (χ0) is 19.3. The second-order valence-corrected chi connectivity index (χ2v) is 8.16. The maximum atomic E-state index is 11.9. The van der Waals surface area contributed by atoms with E-state index in [0.29, 0.717) is 6.61 Å². The van der Waals surface area contributed by atoms with Crippen LogP contribution in [-0.2, 0) is 9.53 Å². The molecule has 0 heterocycles. The fourth-order valence-corrected chi connectivity index (χ4v) is 3.43. The van der Waals surface area contributed by atoms with Crippen LogP contribution >= 0.6 is 0 Å². The van der Waals surface area contributed by atoms with E-state index in [1.807, 2.05) is 6.92 Å². The lowest BCUT2D eigenvalue weighted by molar-refractivity contribution is -0.148. The third-order valence-electron chi connectivity index (χ3n) is 5.39. The van der Waals surface area contributed by atoms with E-state index >= 15 is 0 Å². The molecule has 156 valence electrons. The Kier molecular flexibility index (Phi) is 20.4. The molecule has 0 amide bonds. The van der Waals surface area contributed by atoms with Crippen LogP contribution in [0, 0.1) is 5.92 Å². The summed E-state index contributed by atoms with van der Waals surface area (Å²) >= 11 is 0. The molecule has 2 nitrogen and oxygen atoms in total. The molecule has 0 aliphatic rings. The predicted molar refractivity (Wildman–Crippen MR) is 115 cm³/mol. The Hall–Kier alpha value is -0.530. The number of carbonyl (C=O) groups is 1. The maximum Gasteiger partial charge on any atom is 0.308 e. The van der Waals surface area contributed by atoms with Crippen LogP contribution in [0.25, 0.3) is 0 Å². The first kappa shape index (κ1) is 25.5. The van der Waals surface area contributed by atoms with Gasteiger partial charge in [0.15, 0.2) is 0 Å². The third-order valence-corrected chi connectivity index (χ3v) is 5.39. The van der Waals surface area contributed by atoms with E-state index in [9.17, 15) is 4.79 Å². The highest BCUT2D eigenvalue weighted by atomic mass is 16.5. The molecule has 0 fully saturated rings. The van der Waals surface area contributed by atoms with Gasteiger partial charge in [-0.2, -0.15) is 0 Å². The second-order valence-electron chi connectivity index (χ2n) is 8.16. The van der Waals surface area contributed by atoms with Crippen LogP contribution < -0.4 is 0 Å². The van der Waals surface area contributed by atoms with E-state index in [2.05, 4.69) is 13.8 Å². The average molecular weight is 369 g/mol. The monoisotopic (exact) mass is 368 g/mol. The number of hydrogen-bond donors (Lipinski definition) is 0. The number of ether oxygens (including phenoxy) is 1. The Morgan fingerprint density at radius 3 is 1.46 bits per heavy atom. The summed E-state index contributed by atoms with van der Waals surface area (Å²) in [6.45, 7) is 7.13. The molecule has 0 saturated carbocycles. The highest BCUT2D eigenvalue weighted by Gasteiger charge is 2.13. The summed E-state index contributed by atoms with van der Waals surface area (Å²) in [5.74, 6) is 0.0919. The zero-order valence-electron chi connectivity index (χ0n) is 18.3. The molecular weight excluding hydrogens is 320 g/mol. The normalized spacial score (nSPS) is 12.3. The molecule has 0 bridgehead atoms. The molecule has 0 radical (unpaired) electrons. The van der Waals surface area contributed by atoms with Gasteiger partial charge in [-0.3, -0.25) is 4.79 Å². The lowest BCUT2D eigenvalue weighted by atomic mass is 10.0. The number of rotatable bonds is 20. The van der Waals surface area contributed by atoms with Crippen LogP contribution in [0.15, 0.2) is 0 Å². The van der Waals surface area contributed by atoms with Gasteiger partial charge in [0.1, 0.15) is 0 Å². The Morgan fingerprint density at radius 1 is 0.615 bits per heavy atom. The summed E-state index contributed by atoms with van der Waals surface area (Å²) in [6, 6.07) is 0. The van der Waals surface area contributed by atoms with E-state index in [4.69, 9.17) is 4.74 Å². The molecule has 0 aromatic heterocycles. The fourth-order valence-electron chi connectivity index (χ4n) is 3.43. The van der Waals surface area contributed by atoms with Crippen molar-refractivity contribution in [3.05, 3.63) is 0 Å². The predicted octanol–water partition coefficient (Wildman–Crippen LogP) is 8.23. The second kappa shape index (κ2) is 20.8. The summed E-state index contributed by atoms with van der Waals surface area (Å²) in [5.41, 5.74) is 0. The summed E-state index contributed by atoms with van der Waals surface area (Å²) in [6.07, 6.45) is 23.5. The van der Waals surface area contributed by atoms with Crippen molar-refractivity contribution in [2.24, 2.45) is 5.92 Å². The molecule has 0 spiro atoms. The van der Waals surface area contributed by atoms with Crippen molar-refractivity contribution in [1.82, 2.24) is 0 Å². The van der Waals surface area contributed by atoms with Crippen molar-refractivity contribution in [3.8, 4) is 0 Å². The maximum absolute atomic E-state index is 11.9.